The summed E-state index contributed by atoms with van der Waals surface area (Å²) < 4.78 is 6.20. The van der Waals surface area contributed by atoms with Gasteiger partial charge in [0.25, 0.3) is 0 Å². The number of aromatic amines is 1. The van der Waals surface area contributed by atoms with Crippen molar-refractivity contribution in [2.24, 2.45) is 11.7 Å². The molecule has 1 aliphatic carbocycles. The van der Waals surface area contributed by atoms with Gasteiger partial charge in [0.15, 0.2) is 0 Å². The monoisotopic (exact) mass is 259 g/mol. The lowest BCUT2D eigenvalue weighted by atomic mass is 9.87. The number of fused-ring (bicyclic) bond motifs is 1. The average Bonchev–Trinajstić information content (AvgIpc) is 2.91. The first-order valence-corrected chi connectivity index (χ1v) is 7.07. The molecule has 19 heavy (non-hydrogen) atoms. The molecule has 2 aromatic rings. The Labute approximate surface area is 113 Å². The Balaban J connectivity index is 1.79. The third-order valence-corrected chi connectivity index (χ3v) is 4.21. The van der Waals surface area contributed by atoms with Crippen LogP contribution in [0, 0.1) is 12.8 Å². The van der Waals surface area contributed by atoms with Gasteiger partial charge in [-0.15, -0.1) is 0 Å². The van der Waals surface area contributed by atoms with Crippen LogP contribution in [0.15, 0.2) is 18.3 Å². The predicted octanol–water partition coefficient (Wildman–Crippen LogP) is 2.77. The minimum atomic E-state index is 0.311. The highest BCUT2D eigenvalue weighted by atomic mass is 16.5. The Kier molecular flexibility index (Phi) is 3.42. The summed E-state index contributed by atoms with van der Waals surface area (Å²) in [5.41, 5.74) is 8.01. The summed E-state index contributed by atoms with van der Waals surface area (Å²) in [5, 5.41) is 8.21. The standard InChI is InChI=1S/C15H21N3O/c1-10-13-9-17-18-14(13)5-6-15(10)19-12-4-2-3-11(7-12)8-16/h5-6,9,11-12H,2-4,7-8,16H2,1H3,(H,17,18)/t11-,12-/m0/s1. The van der Waals surface area contributed by atoms with Crippen molar-refractivity contribution in [3.63, 3.8) is 0 Å². The maximum Gasteiger partial charge on any atom is 0.123 e. The first-order valence-electron chi connectivity index (χ1n) is 7.07. The summed E-state index contributed by atoms with van der Waals surface area (Å²) in [5.74, 6) is 1.60. The fraction of sp³-hybridized carbons (Fsp3) is 0.533. The number of ether oxygens (including phenoxy) is 1. The molecule has 0 spiro atoms. The predicted molar refractivity (Wildman–Crippen MR) is 76.3 cm³/mol. The van der Waals surface area contributed by atoms with Gasteiger partial charge in [0.1, 0.15) is 5.75 Å². The highest BCUT2D eigenvalue weighted by molar-refractivity contribution is 5.83. The first-order chi connectivity index (χ1) is 9.28. The molecule has 1 saturated carbocycles. The number of aryl methyl sites for hydroxylation is 1. The molecule has 1 aliphatic rings. The molecule has 1 aromatic carbocycles. The van der Waals surface area contributed by atoms with Gasteiger partial charge in [0.2, 0.25) is 0 Å². The first kappa shape index (κ1) is 12.5. The van der Waals surface area contributed by atoms with Crippen LogP contribution in [0.5, 0.6) is 5.75 Å². The highest BCUT2D eigenvalue weighted by Crippen LogP contribution is 2.31. The SMILES string of the molecule is Cc1c(O[C@H]2CCC[C@H](CN)C2)ccc2[nH]ncc12. The van der Waals surface area contributed by atoms with Gasteiger partial charge in [0, 0.05) is 10.9 Å². The summed E-state index contributed by atoms with van der Waals surface area (Å²) in [7, 11) is 0. The molecule has 2 atom stereocenters. The number of benzene rings is 1. The van der Waals surface area contributed by atoms with E-state index in [2.05, 4.69) is 17.1 Å². The van der Waals surface area contributed by atoms with Gasteiger partial charge in [-0.1, -0.05) is 0 Å². The molecule has 4 heteroatoms. The molecule has 0 radical (unpaired) electrons. The van der Waals surface area contributed by atoms with Crippen molar-refractivity contribution >= 4 is 10.9 Å². The number of hydrogen-bond donors (Lipinski definition) is 2. The highest BCUT2D eigenvalue weighted by Gasteiger charge is 2.23. The van der Waals surface area contributed by atoms with E-state index in [9.17, 15) is 0 Å². The van der Waals surface area contributed by atoms with Crippen LogP contribution in [0.25, 0.3) is 10.9 Å². The quantitative estimate of drug-likeness (QED) is 0.890. The molecule has 0 saturated heterocycles. The van der Waals surface area contributed by atoms with Crippen molar-refractivity contribution < 1.29 is 4.74 Å². The van der Waals surface area contributed by atoms with Crippen LogP contribution in [0.4, 0.5) is 0 Å². The van der Waals surface area contributed by atoms with Gasteiger partial charge in [-0.05, 0) is 57.2 Å². The van der Waals surface area contributed by atoms with E-state index >= 15 is 0 Å². The van der Waals surface area contributed by atoms with Gasteiger partial charge in [0.05, 0.1) is 17.8 Å². The average molecular weight is 259 g/mol. The second-order valence-electron chi connectivity index (χ2n) is 5.53. The molecule has 4 nitrogen and oxygen atoms in total. The second kappa shape index (κ2) is 5.21. The van der Waals surface area contributed by atoms with E-state index in [1.165, 1.54) is 18.4 Å². The molecule has 1 heterocycles. The Morgan fingerprint density at radius 1 is 1.42 bits per heavy atom. The molecule has 1 aromatic heterocycles. The summed E-state index contributed by atoms with van der Waals surface area (Å²) in [6.45, 7) is 2.87. The van der Waals surface area contributed by atoms with Crippen LogP contribution in [-0.4, -0.2) is 22.8 Å². The van der Waals surface area contributed by atoms with Gasteiger partial charge in [-0.2, -0.15) is 5.10 Å². The largest absolute Gasteiger partial charge is 0.490 e. The molecule has 1 fully saturated rings. The molecule has 0 amide bonds. The molecule has 3 rings (SSSR count). The van der Waals surface area contributed by atoms with Crippen LogP contribution < -0.4 is 10.5 Å². The lowest BCUT2D eigenvalue weighted by Crippen LogP contribution is -2.29. The number of hydrogen-bond acceptors (Lipinski definition) is 3. The van der Waals surface area contributed by atoms with Crippen LogP contribution in [0.3, 0.4) is 0 Å². The van der Waals surface area contributed by atoms with E-state index < -0.39 is 0 Å². The zero-order valence-corrected chi connectivity index (χ0v) is 11.4. The van der Waals surface area contributed by atoms with E-state index in [-0.39, 0.29) is 0 Å². The maximum absolute atomic E-state index is 6.20. The van der Waals surface area contributed by atoms with Gasteiger partial charge in [-0.25, -0.2) is 0 Å². The fourth-order valence-electron chi connectivity index (χ4n) is 3.01. The lowest BCUT2D eigenvalue weighted by molar-refractivity contribution is 0.125. The number of nitrogens with one attached hydrogen (secondary N) is 1. The summed E-state index contributed by atoms with van der Waals surface area (Å²) >= 11 is 0. The van der Waals surface area contributed by atoms with E-state index in [0.717, 1.165) is 36.0 Å². The van der Waals surface area contributed by atoms with Crippen molar-refractivity contribution in [3.05, 3.63) is 23.9 Å². The van der Waals surface area contributed by atoms with Crippen LogP contribution >= 0.6 is 0 Å². The van der Waals surface area contributed by atoms with Crippen LogP contribution in [0.1, 0.15) is 31.2 Å². The lowest BCUT2D eigenvalue weighted by Gasteiger charge is -2.29. The van der Waals surface area contributed by atoms with Crippen molar-refractivity contribution in [1.82, 2.24) is 10.2 Å². The number of rotatable bonds is 3. The molecule has 0 aliphatic heterocycles. The van der Waals surface area contributed by atoms with Crippen molar-refractivity contribution in [2.45, 2.75) is 38.7 Å². The maximum atomic E-state index is 6.20. The molecule has 0 unspecified atom stereocenters. The van der Waals surface area contributed by atoms with E-state index in [4.69, 9.17) is 10.5 Å². The van der Waals surface area contributed by atoms with E-state index in [1.54, 1.807) is 0 Å². The van der Waals surface area contributed by atoms with E-state index in [0.29, 0.717) is 12.0 Å². The van der Waals surface area contributed by atoms with Crippen LogP contribution in [-0.2, 0) is 0 Å². The van der Waals surface area contributed by atoms with Crippen molar-refractivity contribution in [2.75, 3.05) is 6.54 Å². The number of aromatic nitrogens is 2. The molecule has 102 valence electrons. The Bertz CT molecular complexity index is 564. The third kappa shape index (κ3) is 2.45. The van der Waals surface area contributed by atoms with Gasteiger partial charge in [-0.3, -0.25) is 5.10 Å². The van der Waals surface area contributed by atoms with E-state index in [1.807, 2.05) is 18.3 Å². The number of nitrogens with two attached hydrogens (primary N) is 1. The molecular formula is C15H21N3O. The number of H-pyrrole nitrogens is 1. The summed E-state index contributed by atoms with van der Waals surface area (Å²) in [6.07, 6.45) is 6.86. The minimum absolute atomic E-state index is 0.311. The zero-order chi connectivity index (χ0) is 13.2. The van der Waals surface area contributed by atoms with Crippen LogP contribution in [0.2, 0.25) is 0 Å². The topological polar surface area (TPSA) is 63.9 Å². The summed E-state index contributed by atoms with van der Waals surface area (Å²) in [4.78, 5) is 0. The second-order valence-corrected chi connectivity index (χ2v) is 5.53. The smallest absolute Gasteiger partial charge is 0.123 e. The Morgan fingerprint density at radius 2 is 2.32 bits per heavy atom. The summed E-state index contributed by atoms with van der Waals surface area (Å²) in [6, 6.07) is 4.08. The Morgan fingerprint density at radius 3 is 3.16 bits per heavy atom. The molecular weight excluding hydrogens is 238 g/mol. The zero-order valence-electron chi connectivity index (χ0n) is 11.4. The van der Waals surface area contributed by atoms with Gasteiger partial charge >= 0.3 is 0 Å². The molecule has 3 N–H and O–H groups in total. The normalized spacial score (nSPS) is 23.7. The van der Waals surface area contributed by atoms with Crippen molar-refractivity contribution in [3.8, 4) is 5.75 Å². The molecule has 0 bridgehead atoms. The third-order valence-electron chi connectivity index (χ3n) is 4.21. The fourth-order valence-corrected chi connectivity index (χ4v) is 3.01. The van der Waals surface area contributed by atoms with Crippen molar-refractivity contribution in [1.29, 1.82) is 0 Å². The minimum Gasteiger partial charge on any atom is -0.490 e. The van der Waals surface area contributed by atoms with Gasteiger partial charge < -0.3 is 10.5 Å². The number of nitrogens with zero attached hydrogens (tertiary/aromatic N) is 1. The Hall–Kier alpha value is -1.55.